The highest BCUT2D eigenvalue weighted by molar-refractivity contribution is 7.17. The average Bonchev–Trinajstić information content (AvgIpc) is 3.20. The van der Waals surface area contributed by atoms with Crippen LogP contribution in [-0.2, 0) is 19.1 Å². The first kappa shape index (κ1) is 24.1. The lowest BCUT2D eigenvalue weighted by Crippen LogP contribution is -2.60. The van der Waals surface area contributed by atoms with E-state index in [1.807, 2.05) is 20.8 Å². The van der Waals surface area contributed by atoms with Gasteiger partial charge < -0.3 is 10.1 Å². The number of thiophene rings is 1. The van der Waals surface area contributed by atoms with Gasteiger partial charge in [0, 0.05) is 16.4 Å². The maximum absolute atomic E-state index is 13.4. The van der Waals surface area contributed by atoms with Crippen molar-refractivity contribution < 1.29 is 28.3 Å². The Labute approximate surface area is 201 Å². The summed E-state index contributed by atoms with van der Waals surface area (Å²) < 4.78 is 18.4. The Hall–Kier alpha value is -3.07. The molecule has 1 aromatic carbocycles. The van der Waals surface area contributed by atoms with Crippen LogP contribution in [0.3, 0.4) is 0 Å². The Balaban J connectivity index is 1.62. The fourth-order valence-corrected chi connectivity index (χ4v) is 6.34. The number of fused-ring (bicyclic) bond motifs is 2. The number of benzene rings is 1. The molecule has 2 unspecified atom stereocenters. The number of ether oxygens (including phenoxy) is 1. The average molecular weight is 487 g/mol. The number of hydrogen-bond donors (Lipinski definition) is 1. The number of rotatable bonds is 5. The summed E-state index contributed by atoms with van der Waals surface area (Å²) in [5, 5.41) is 2.95. The predicted molar refractivity (Wildman–Crippen MR) is 126 cm³/mol. The number of carbonyl (C=O) groups excluding carboxylic acids is 4. The second-order valence-electron chi connectivity index (χ2n) is 9.66. The third-order valence-corrected chi connectivity index (χ3v) is 8.69. The summed E-state index contributed by atoms with van der Waals surface area (Å²) in [6, 6.07) is 5.67. The van der Waals surface area contributed by atoms with Crippen LogP contribution in [0.4, 0.5) is 9.39 Å². The van der Waals surface area contributed by atoms with Crippen LogP contribution in [0.25, 0.3) is 11.1 Å². The van der Waals surface area contributed by atoms with Crippen molar-refractivity contribution in [1.82, 2.24) is 4.90 Å². The van der Waals surface area contributed by atoms with E-state index in [0.717, 1.165) is 9.78 Å². The Kier molecular flexibility index (Phi) is 5.88. The number of aryl methyl sites for hydroxylation is 1. The molecule has 1 saturated heterocycles. The fraction of sp³-hybridized carbons (Fsp3) is 0.440. The van der Waals surface area contributed by atoms with Crippen LogP contribution in [0.2, 0.25) is 0 Å². The van der Waals surface area contributed by atoms with E-state index in [1.165, 1.54) is 30.6 Å². The molecule has 1 aliphatic heterocycles. The van der Waals surface area contributed by atoms with E-state index in [9.17, 15) is 23.6 Å². The molecule has 2 atom stereocenters. The SMILES string of the molecule is COC(=O)c1c(NC(=O)CN2C(=O)C3CCC(C)(C2=O)C3(C)C)sc(C)c1-c1ccc(F)cc1. The number of imide groups is 1. The number of hydrogen-bond acceptors (Lipinski definition) is 6. The summed E-state index contributed by atoms with van der Waals surface area (Å²) in [6.07, 6.45) is 1.22. The van der Waals surface area contributed by atoms with E-state index >= 15 is 0 Å². The maximum Gasteiger partial charge on any atom is 0.341 e. The van der Waals surface area contributed by atoms with Crippen molar-refractivity contribution >= 4 is 40.0 Å². The van der Waals surface area contributed by atoms with Gasteiger partial charge in [-0.1, -0.05) is 32.9 Å². The van der Waals surface area contributed by atoms with Gasteiger partial charge in [-0.3, -0.25) is 19.3 Å². The summed E-state index contributed by atoms with van der Waals surface area (Å²) in [6.45, 7) is 7.09. The highest BCUT2D eigenvalue weighted by atomic mass is 32.1. The van der Waals surface area contributed by atoms with Gasteiger partial charge in [0.2, 0.25) is 17.7 Å². The van der Waals surface area contributed by atoms with Crippen LogP contribution in [0.1, 0.15) is 48.8 Å². The minimum atomic E-state index is -0.710. The minimum Gasteiger partial charge on any atom is -0.465 e. The molecule has 34 heavy (non-hydrogen) atoms. The standard InChI is InChI=1S/C25H27FN2O5S/c1-13-18(14-6-8-15(26)9-7-14)19(22(31)33-5)20(34-13)27-17(29)12-28-21(30)16-10-11-25(4,23(28)32)24(16,2)3/h6-9,16H,10-12H2,1-5H3,(H,27,29). The van der Waals surface area contributed by atoms with Crippen LogP contribution in [0, 0.1) is 29.5 Å². The summed E-state index contributed by atoms with van der Waals surface area (Å²) in [5.74, 6) is -2.64. The molecule has 2 fully saturated rings. The lowest BCUT2D eigenvalue weighted by atomic mass is 9.62. The van der Waals surface area contributed by atoms with E-state index in [-0.39, 0.29) is 28.3 Å². The Bertz CT molecular complexity index is 1200. The maximum atomic E-state index is 13.4. The first-order chi connectivity index (χ1) is 15.9. The van der Waals surface area contributed by atoms with E-state index in [0.29, 0.717) is 24.0 Å². The monoisotopic (exact) mass is 486 g/mol. The largest absolute Gasteiger partial charge is 0.465 e. The molecule has 2 bridgehead atoms. The first-order valence-corrected chi connectivity index (χ1v) is 11.9. The minimum absolute atomic E-state index is 0.148. The zero-order chi connectivity index (χ0) is 25.0. The molecular formula is C25H27FN2O5S. The third-order valence-electron chi connectivity index (χ3n) is 7.67. The van der Waals surface area contributed by atoms with Crippen molar-refractivity contribution in [3.8, 4) is 11.1 Å². The molecule has 2 heterocycles. The number of anilines is 1. The van der Waals surface area contributed by atoms with Gasteiger partial charge in [0.05, 0.1) is 12.5 Å². The Morgan fingerprint density at radius 3 is 2.47 bits per heavy atom. The highest BCUT2D eigenvalue weighted by Gasteiger charge is 2.64. The Morgan fingerprint density at radius 2 is 1.85 bits per heavy atom. The third kappa shape index (κ3) is 3.53. The molecule has 4 rings (SSSR count). The number of nitrogens with one attached hydrogen (secondary N) is 1. The molecule has 1 saturated carbocycles. The molecule has 0 radical (unpaired) electrons. The Morgan fingerprint density at radius 1 is 1.21 bits per heavy atom. The molecule has 7 nitrogen and oxygen atoms in total. The number of likely N-dealkylation sites (tertiary alicyclic amines) is 1. The summed E-state index contributed by atoms with van der Waals surface area (Å²) in [7, 11) is 1.23. The van der Waals surface area contributed by atoms with Crippen molar-refractivity contribution in [3.05, 3.63) is 40.5 Å². The number of piperidine rings is 1. The molecule has 2 aromatic rings. The summed E-state index contributed by atoms with van der Waals surface area (Å²) in [5.41, 5.74) is 0.0996. The fourth-order valence-electron chi connectivity index (χ4n) is 5.25. The lowest BCUT2D eigenvalue weighted by Gasteiger charge is -2.47. The topological polar surface area (TPSA) is 92.8 Å². The van der Waals surface area contributed by atoms with Crippen molar-refractivity contribution in [2.75, 3.05) is 19.0 Å². The molecule has 1 aliphatic carbocycles. The molecular weight excluding hydrogens is 459 g/mol. The van der Waals surface area contributed by atoms with Gasteiger partial charge in [-0.25, -0.2) is 9.18 Å². The second-order valence-corrected chi connectivity index (χ2v) is 10.9. The number of amides is 3. The zero-order valence-corrected chi connectivity index (χ0v) is 20.6. The van der Waals surface area contributed by atoms with E-state index in [1.54, 1.807) is 19.1 Å². The number of nitrogens with zero attached hydrogens (tertiary/aromatic N) is 1. The van der Waals surface area contributed by atoms with Gasteiger partial charge in [0.15, 0.2) is 0 Å². The van der Waals surface area contributed by atoms with Crippen LogP contribution < -0.4 is 5.32 Å². The first-order valence-electron chi connectivity index (χ1n) is 11.1. The van der Waals surface area contributed by atoms with Gasteiger partial charge in [-0.05, 0) is 42.9 Å². The van der Waals surface area contributed by atoms with Crippen LogP contribution >= 0.6 is 11.3 Å². The molecule has 2 aliphatic rings. The molecule has 3 amide bonds. The number of halogens is 1. The normalized spacial score (nSPS) is 23.2. The van der Waals surface area contributed by atoms with Crippen LogP contribution in [0.15, 0.2) is 24.3 Å². The molecule has 1 aromatic heterocycles. The van der Waals surface area contributed by atoms with Crippen molar-refractivity contribution in [2.45, 2.75) is 40.5 Å². The summed E-state index contributed by atoms with van der Waals surface area (Å²) in [4.78, 5) is 53.7. The summed E-state index contributed by atoms with van der Waals surface area (Å²) >= 11 is 1.17. The van der Waals surface area contributed by atoms with Crippen LogP contribution in [-0.4, -0.2) is 42.2 Å². The smallest absolute Gasteiger partial charge is 0.341 e. The number of esters is 1. The van der Waals surface area contributed by atoms with Crippen molar-refractivity contribution in [3.63, 3.8) is 0 Å². The van der Waals surface area contributed by atoms with Gasteiger partial charge in [0.25, 0.3) is 0 Å². The van der Waals surface area contributed by atoms with Gasteiger partial charge in [-0.2, -0.15) is 0 Å². The number of methoxy groups -OCH3 is 1. The molecule has 180 valence electrons. The molecule has 0 spiro atoms. The van der Waals surface area contributed by atoms with E-state index < -0.39 is 35.1 Å². The number of carbonyl (C=O) groups is 4. The highest BCUT2D eigenvalue weighted by Crippen LogP contribution is 2.60. The van der Waals surface area contributed by atoms with Crippen LogP contribution in [0.5, 0.6) is 0 Å². The van der Waals surface area contributed by atoms with Crippen molar-refractivity contribution in [2.24, 2.45) is 16.7 Å². The molecule has 1 N–H and O–H groups in total. The quantitative estimate of drug-likeness (QED) is 0.500. The van der Waals surface area contributed by atoms with E-state index in [2.05, 4.69) is 5.32 Å². The van der Waals surface area contributed by atoms with E-state index in [4.69, 9.17) is 4.74 Å². The molecule has 9 heteroatoms. The van der Waals surface area contributed by atoms with Gasteiger partial charge >= 0.3 is 5.97 Å². The van der Waals surface area contributed by atoms with Gasteiger partial charge in [-0.15, -0.1) is 11.3 Å². The lowest BCUT2D eigenvalue weighted by molar-refractivity contribution is -0.168. The van der Waals surface area contributed by atoms with Crippen molar-refractivity contribution in [1.29, 1.82) is 0 Å². The zero-order valence-electron chi connectivity index (χ0n) is 19.8. The van der Waals surface area contributed by atoms with Gasteiger partial charge in [0.1, 0.15) is 22.9 Å². The second kappa shape index (κ2) is 8.30. The predicted octanol–water partition coefficient (Wildman–Crippen LogP) is 4.40.